The first-order valence-electron chi connectivity index (χ1n) is 13.8. The molecule has 7 heteroatoms. The highest BCUT2D eigenvalue weighted by Crippen LogP contribution is 2.47. The summed E-state index contributed by atoms with van der Waals surface area (Å²) in [7, 11) is 0. The van der Waals surface area contributed by atoms with Crippen LogP contribution in [0.5, 0.6) is 0 Å². The summed E-state index contributed by atoms with van der Waals surface area (Å²) in [6.45, 7) is 3.65. The van der Waals surface area contributed by atoms with Crippen LogP contribution in [0.4, 0.5) is 4.79 Å². The van der Waals surface area contributed by atoms with Gasteiger partial charge < -0.3 is 14.8 Å². The van der Waals surface area contributed by atoms with Crippen molar-refractivity contribution in [2.75, 3.05) is 0 Å². The average Bonchev–Trinajstić information content (AvgIpc) is 2.99. The van der Waals surface area contributed by atoms with Gasteiger partial charge >= 0.3 is 12.1 Å². The zero-order chi connectivity index (χ0) is 30.2. The van der Waals surface area contributed by atoms with Gasteiger partial charge in [0, 0.05) is 0 Å². The number of amides is 1. The molecule has 0 fully saturated rings. The summed E-state index contributed by atoms with van der Waals surface area (Å²) in [6.07, 6.45) is -0.747. The molecule has 4 aromatic carbocycles. The van der Waals surface area contributed by atoms with Crippen molar-refractivity contribution in [3.63, 3.8) is 0 Å². The number of hydrogen-bond donors (Lipinski definition) is 1. The van der Waals surface area contributed by atoms with Gasteiger partial charge in [0.15, 0.2) is 5.78 Å². The van der Waals surface area contributed by atoms with E-state index in [1.54, 1.807) is 27.7 Å². The number of carbonyl (C=O) groups excluding carboxylic acids is 3. The smallest absolute Gasteiger partial charge is 0.408 e. The maximum Gasteiger partial charge on any atom is 0.408 e. The molecule has 0 saturated heterocycles. The average molecular weight is 582 g/mol. The first-order valence-corrected chi connectivity index (χ1v) is 15.6. The summed E-state index contributed by atoms with van der Waals surface area (Å²) < 4.78 is 11.3. The Morgan fingerprint density at radius 2 is 1.10 bits per heavy atom. The maximum atomic E-state index is 14.6. The van der Waals surface area contributed by atoms with Crippen molar-refractivity contribution in [2.45, 2.75) is 45.9 Å². The summed E-state index contributed by atoms with van der Waals surface area (Å²) in [4.78, 5) is 41.7. The zero-order valence-corrected chi connectivity index (χ0v) is 25.2. The van der Waals surface area contributed by atoms with E-state index in [9.17, 15) is 14.4 Å². The van der Waals surface area contributed by atoms with Crippen LogP contribution in [0, 0.1) is 0 Å². The van der Waals surface area contributed by atoms with Crippen molar-refractivity contribution in [2.24, 2.45) is 0 Å². The van der Waals surface area contributed by atoms with Crippen molar-refractivity contribution in [3.8, 4) is 0 Å². The lowest BCUT2D eigenvalue weighted by atomic mass is 10.1. The summed E-state index contributed by atoms with van der Waals surface area (Å²) in [5.41, 5.74) is 0.0312. The van der Waals surface area contributed by atoms with Crippen LogP contribution in [0.1, 0.15) is 33.3 Å². The predicted molar refractivity (Wildman–Crippen MR) is 170 cm³/mol. The van der Waals surface area contributed by atoms with Gasteiger partial charge in [-0.25, -0.2) is 9.59 Å². The van der Waals surface area contributed by atoms with Gasteiger partial charge in [-0.15, -0.1) is 0 Å². The highest BCUT2D eigenvalue weighted by Gasteiger charge is 2.39. The van der Waals surface area contributed by atoms with E-state index in [0.29, 0.717) is 0 Å². The lowest BCUT2D eigenvalue weighted by molar-refractivity contribution is -0.137. The minimum atomic E-state index is -3.13. The predicted octanol–water partition coefficient (Wildman–Crippen LogP) is 5.38. The Bertz CT molecular complexity index is 1460. The van der Waals surface area contributed by atoms with E-state index in [2.05, 4.69) is 5.32 Å². The minimum absolute atomic E-state index is 0.00871. The second kappa shape index (κ2) is 13.5. The molecule has 4 rings (SSSR count). The molecular formula is C35H36NO5P. The Morgan fingerprint density at radius 3 is 1.50 bits per heavy atom. The molecule has 0 heterocycles. The second-order valence-corrected chi connectivity index (χ2v) is 14.2. The van der Waals surface area contributed by atoms with E-state index in [4.69, 9.17) is 9.47 Å². The molecular weight excluding hydrogens is 545 g/mol. The Kier molecular flexibility index (Phi) is 9.82. The summed E-state index contributed by atoms with van der Waals surface area (Å²) in [5, 5.41) is 5.08. The monoisotopic (exact) mass is 581 g/mol. The van der Waals surface area contributed by atoms with E-state index in [1.165, 1.54) is 0 Å². The molecule has 42 heavy (non-hydrogen) atoms. The molecule has 1 unspecified atom stereocenters. The van der Waals surface area contributed by atoms with E-state index in [0.717, 1.165) is 21.5 Å². The van der Waals surface area contributed by atoms with Gasteiger partial charge in [0.1, 0.15) is 17.5 Å². The first kappa shape index (κ1) is 30.5. The molecule has 0 bridgehead atoms. The molecule has 1 amide bonds. The SMILES string of the molecule is CC(NC(=O)OC(C)(C)C)C(=O)C(C(=O)OCc1ccccc1)=P(c1ccccc1)(c1ccccc1)c1ccccc1. The lowest BCUT2D eigenvalue weighted by Crippen LogP contribution is -2.48. The Balaban J connectivity index is 2.02. The summed E-state index contributed by atoms with van der Waals surface area (Å²) in [5.74, 6) is -1.27. The molecule has 0 saturated carbocycles. The molecule has 0 radical (unpaired) electrons. The molecule has 6 nitrogen and oxygen atoms in total. The molecule has 0 aliphatic rings. The number of benzene rings is 4. The number of ether oxygens (including phenoxy) is 2. The topological polar surface area (TPSA) is 81.7 Å². The van der Waals surface area contributed by atoms with Crippen LogP contribution >= 0.6 is 6.89 Å². The van der Waals surface area contributed by atoms with Gasteiger partial charge in [-0.05, 0) is 56.1 Å². The van der Waals surface area contributed by atoms with Crippen LogP contribution in [0.25, 0.3) is 0 Å². The van der Waals surface area contributed by atoms with E-state index in [-0.39, 0.29) is 11.9 Å². The van der Waals surface area contributed by atoms with E-state index < -0.39 is 36.4 Å². The van der Waals surface area contributed by atoms with Gasteiger partial charge in [0.25, 0.3) is 0 Å². The van der Waals surface area contributed by atoms with Crippen molar-refractivity contribution in [3.05, 3.63) is 127 Å². The quantitative estimate of drug-likeness (QED) is 0.163. The molecule has 1 atom stereocenters. The number of alkyl carbamates (subject to hydrolysis) is 1. The van der Waals surface area contributed by atoms with Crippen molar-refractivity contribution in [1.82, 2.24) is 5.32 Å². The number of nitrogens with one attached hydrogen (secondary N) is 1. The zero-order valence-electron chi connectivity index (χ0n) is 24.3. The van der Waals surface area contributed by atoms with E-state index >= 15 is 0 Å². The van der Waals surface area contributed by atoms with Gasteiger partial charge in [-0.2, -0.15) is 0 Å². The van der Waals surface area contributed by atoms with Crippen LogP contribution < -0.4 is 21.2 Å². The standard InChI is InChI=1S/C35H36NO5P/c1-26(36-34(39)41-35(2,3)4)31(37)32(33(38)40-25-27-17-9-5-10-18-27)42(28-19-11-6-12-20-28,29-21-13-7-14-22-29)30-23-15-8-16-24-30/h5-24,26H,25H2,1-4H3,(H,36,39). The van der Waals surface area contributed by atoms with Crippen LogP contribution in [0.3, 0.4) is 0 Å². The fourth-order valence-corrected chi connectivity index (χ4v) is 9.13. The lowest BCUT2D eigenvalue weighted by Gasteiger charge is -2.32. The van der Waals surface area contributed by atoms with Crippen molar-refractivity contribution in [1.29, 1.82) is 0 Å². The number of rotatable bonds is 9. The summed E-state index contributed by atoms with van der Waals surface area (Å²) in [6, 6.07) is 37.0. The third-order valence-electron chi connectivity index (χ3n) is 6.53. The minimum Gasteiger partial charge on any atom is -0.457 e. The molecule has 1 N–H and O–H groups in total. The largest absolute Gasteiger partial charge is 0.457 e. The van der Waals surface area contributed by atoms with E-state index in [1.807, 2.05) is 121 Å². The fourth-order valence-electron chi connectivity index (χ4n) is 4.74. The molecule has 0 aromatic heterocycles. The fraction of sp³-hybridized carbons (Fsp3) is 0.200. The van der Waals surface area contributed by atoms with Gasteiger partial charge in [-0.1, -0.05) is 121 Å². The van der Waals surface area contributed by atoms with Crippen LogP contribution in [0.2, 0.25) is 0 Å². The normalized spacial score (nSPS) is 12.1. The number of ketones is 1. The molecule has 216 valence electrons. The molecule has 0 aliphatic heterocycles. The van der Waals surface area contributed by atoms with Gasteiger partial charge in [-0.3, -0.25) is 4.79 Å². The van der Waals surface area contributed by atoms with Crippen molar-refractivity contribution >= 4 is 45.9 Å². The van der Waals surface area contributed by atoms with Crippen molar-refractivity contribution < 1.29 is 23.9 Å². The van der Waals surface area contributed by atoms with Gasteiger partial charge in [0.05, 0.1) is 6.04 Å². The second-order valence-electron chi connectivity index (χ2n) is 10.8. The number of carbonyl (C=O) groups is 3. The number of esters is 1. The number of Topliss-reactive ketones (excluding diaryl/α,β-unsaturated/α-hetero) is 1. The van der Waals surface area contributed by atoms with Crippen LogP contribution in [-0.2, 0) is 25.7 Å². The highest BCUT2D eigenvalue weighted by atomic mass is 31.2. The molecule has 0 spiro atoms. The third kappa shape index (κ3) is 7.07. The molecule has 0 aliphatic carbocycles. The Hall–Kier alpha value is -4.41. The Labute approximate surface area is 247 Å². The maximum absolute atomic E-state index is 14.6. The highest BCUT2D eigenvalue weighted by molar-refractivity contribution is 7.97. The molecule has 4 aromatic rings. The summed E-state index contributed by atoms with van der Waals surface area (Å²) >= 11 is 0. The van der Waals surface area contributed by atoms with Crippen LogP contribution in [-0.4, -0.2) is 34.8 Å². The first-order chi connectivity index (χ1) is 20.1. The van der Waals surface area contributed by atoms with Gasteiger partial charge in [0.2, 0.25) is 0 Å². The van der Waals surface area contributed by atoms with Crippen LogP contribution in [0.15, 0.2) is 121 Å². The third-order valence-corrected chi connectivity index (χ3v) is 10.8. The Morgan fingerprint density at radius 1 is 0.690 bits per heavy atom. The number of hydrogen-bond acceptors (Lipinski definition) is 5.